The van der Waals surface area contributed by atoms with Crippen molar-refractivity contribution in [3.8, 4) is 23.3 Å². The van der Waals surface area contributed by atoms with Crippen LogP contribution in [0.1, 0.15) is 29.0 Å². The largest absolute Gasteiger partial charge is 0.496 e. The van der Waals surface area contributed by atoms with E-state index in [9.17, 15) is 10.4 Å². The molecule has 10 nitrogen and oxygen atoms in total. The van der Waals surface area contributed by atoms with E-state index < -0.39 is 6.10 Å². The van der Waals surface area contributed by atoms with E-state index >= 15 is 0 Å². The maximum Gasteiger partial charge on any atom is 0.137 e. The smallest absolute Gasteiger partial charge is 0.137 e. The zero-order valence-corrected chi connectivity index (χ0v) is 28.2. The molecule has 1 aliphatic heterocycles. The van der Waals surface area contributed by atoms with Crippen molar-refractivity contribution >= 4 is 10.8 Å². The Balaban J connectivity index is 1.23. The van der Waals surface area contributed by atoms with Crippen molar-refractivity contribution in [1.29, 1.82) is 5.26 Å². The molecule has 49 heavy (non-hydrogen) atoms. The van der Waals surface area contributed by atoms with E-state index in [-0.39, 0.29) is 31.3 Å². The summed E-state index contributed by atoms with van der Waals surface area (Å²) in [4.78, 5) is 0. The fraction of sp³-hybridized carbons (Fsp3) is 0.410. The Morgan fingerprint density at radius 2 is 1.57 bits per heavy atom. The lowest BCUT2D eigenvalue weighted by Crippen LogP contribution is -2.51. The molecule has 0 aliphatic carbocycles. The van der Waals surface area contributed by atoms with Gasteiger partial charge in [-0.15, -0.1) is 0 Å². The molecule has 4 atom stereocenters. The molecule has 1 heterocycles. The van der Waals surface area contributed by atoms with Gasteiger partial charge in [-0.3, -0.25) is 0 Å². The lowest BCUT2D eigenvalue weighted by molar-refractivity contribution is -0.0896. The molecule has 5 rings (SSSR count). The van der Waals surface area contributed by atoms with Gasteiger partial charge in [-0.25, -0.2) is 0 Å². The molecular formula is C39H46N2O8. The molecule has 260 valence electrons. The Bertz CT molecular complexity index is 1630. The first-order valence-corrected chi connectivity index (χ1v) is 16.7. The van der Waals surface area contributed by atoms with E-state index in [0.29, 0.717) is 63.9 Å². The molecule has 0 amide bonds. The third-order valence-electron chi connectivity index (χ3n) is 8.39. The van der Waals surface area contributed by atoms with Gasteiger partial charge in [0.05, 0.1) is 71.1 Å². The number of hydrogen-bond acceptors (Lipinski definition) is 10. The molecule has 1 fully saturated rings. The lowest BCUT2D eigenvalue weighted by atomic mass is 9.85. The van der Waals surface area contributed by atoms with Gasteiger partial charge in [-0.1, -0.05) is 48.5 Å². The Hall–Kier alpha value is -4.21. The monoisotopic (exact) mass is 670 g/mol. The van der Waals surface area contributed by atoms with Crippen molar-refractivity contribution in [3.05, 3.63) is 102 Å². The molecule has 0 bridgehead atoms. The van der Waals surface area contributed by atoms with E-state index in [1.165, 1.54) is 0 Å². The van der Waals surface area contributed by atoms with E-state index in [2.05, 4.69) is 41.7 Å². The first-order chi connectivity index (χ1) is 24.1. The molecule has 0 radical (unpaired) electrons. The summed E-state index contributed by atoms with van der Waals surface area (Å²) in [6, 6.07) is 29.7. The van der Waals surface area contributed by atoms with Crippen molar-refractivity contribution in [2.75, 3.05) is 67.0 Å². The topological polar surface area (TPSA) is 121 Å². The zero-order valence-electron chi connectivity index (χ0n) is 28.2. The van der Waals surface area contributed by atoms with Crippen molar-refractivity contribution in [3.63, 3.8) is 0 Å². The molecule has 0 spiro atoms. The summed E-state index contributed by atoms with van der Waals surface area (Å²) in [5.41, 5.74) is 2.59. The predicted octanol–water partition coefficient (Wildman–Crippen LogP) is 5.25. The van der Waals surface area contributed by atoms with Crippen molar-refractivity contribution in [1.82, 2.24) is 5.32 Å². The summed E-state index contributed by atoms with van der Waals surface area (Å²) < 4.78 is 40.9. The van der Waals surface area contributed by atoms with Gasteiger partial charge in [-0.2, -0.15) is 5.26 Å². The highest BCUT2D eigenvalue weighted by atomic mass is 16.5. The first kappa shape index (κ1) is 36.1. The summed E-state index contributed by atoms with van der Waals surface area (Å²) in [7, 11) is 3.30. The van der Waals surface area contributed by atoms with Gasteiger partial charge >= 0.3 is 0 Å². The number of nitrogens with zero attached hydrogens (tertiary/aromatic N) is 1. The van der Waals surface area contributed by atoms with E-state index in [1.54, 1.807) is 26.4 Å². The van der Waals surface area contributed by atoms with E-state index in [1.807, 2.05) is 42.5 Å². The predicted molar refractivity (Wildman–Crippen MR) is 186 cm³/mol. The van der Waals surface area contributed by atoms with Gasteiger partial charge in [0.2, 0.25) is 0 Å². The van der Waals surface area contributed by atoms with Crippen LogP contribution in [0.25, 0.3) is 10.8 Å². The minimum Gasteiger partial charge on any atom is -0.496 e. The fourth-order valence-electron chi connectivity index (χ4n) is 5.95. The number of aliphatic hydroxyl groups excluding tert-OH is 1. The van der Waals surface area contributed by atoms with Crippen molar-refractivity contribution in [2.45, 2.75) is 37.3 Å². The number of nitriles is 1. The molecular weight excluding hydrogens is 624 g/mol. The number of methoxy groups -OCH3 is 2. The Morgan fingerprint density at radius 3 is 2.37 bits per heavy atom. The Labute approximate surface area is 288 Å². The number of fused-ring (bicyclic) bond motifs is 1. The first-order valence-electron chi connectivity index (χ1n) is 16.7. The second kappa shape index (κ2) is 19.1. The van der Waals surface area contributed by atoms with Crippen LogP contribution in [0.15, 0.2) is 84.9 Å². The molecule has 10 heteroatoms. The zero-order chi connectivity index (χ0) is 34.3. The summed E-state index contributed by atoms with van der Waals surface area (Å²) in [5.74, 6) is 2.03. The molecule has 4 aromatic rings. The molecule has 0 aromatic heterocycles. The summed E-state index contributed by atoms with van der Waals surface area (Å²) in [5, 5.41) is 25.4. The summed E-state index contributed by atoms with van der Waals surface area (Å²) >= 11 is 0. The molecule has 2 N–H and O–H groups in total. The number of para-hydroxylation sites is 1. The van der Waals surface area contributed by atoms with Gasteiger partial charge in [0, 0.05) is 37.9 Å². The van der Waals surface area contributed by atoms with Gasteiger partial charge < -0.3 is 43.6 Å². The Morgan fingerprint density at radius 1 is 0.816 bits per heavy atom. The lowest BCUT2D eigenvalue weighted by Gasteiger charge is -2.39. The number of benzene rings is 4. The maximum absolute atomic E-state index is 10.5. The molecule has 1 aliphatic rings. The second-order valence-electron chi connectivity index (χ2n) is 11.9. The fourth-order valence-corrected chi connectivity index (χ4v) is 5.95. The minimum absolute atomic E-state index is 0.104. The van der Waals surface area contributed by atoms with Crippen LogP contribution in [0.2, 0.25) is 0 Å². The number of rotatable bonds is 19. The van der Waals surface area contributed by atoms with Crippen LogP contribution < -0.4 is 19.5 Å². The van der Waals surface area contributed by atoms with Gasteiger partial charge in [0.25, 0.3) is 0 Å². The molecule has 0 saturated carbocycles. The SMILES string of the molecule is COCCOC[C@H](O)CO[C@H]1CNC[C@H](OCc2cc(OC)c3ccccc3c2)[C@H]1c1ccc(OCCCOc2ccccc2C#N)cc1. The van der Waals surface area contributed by atoms with E-state index in [0.717, 1.165) is 33.4 Å². The van der Waals surface area contributed by atoms with Crippen LogP contribution in [-0.4, -0.2) is 90.4 Å². The standard InChI is InChI=1S/C39H46N2O8/c1-43-18-19-45-26-32(42)27-49-38-24-41-23-37(48-25-28-20-30-8-3-5-10-34(30)36(21-28)44-2)39(38)29-12-14-33(15-13-29)46-16-7-17-47-35-11-6-4-9-31(35)22-40/h3-6,8-15,20-21,32,37-39,41-42H,7,16-19,23-27H2,1-2H3/t32-,37-,38-,39+/m0/s1. The minimum atomic E-state index is -0.767. The van der Waals surface area contributed by atoms with Crippen LogP contribution in [-0.2, 0) is 25.6 Å². The normalized spacial score (nSPS) is 18.1. The summed E-state index contributed by atoms with van der Waals surface area (Å²) in [6.07, 6.45) is -0.555. The highest BCUT2D eigenvalue weighted by Crippen LogP contribution is 2.33. The Kier molecular flexibility index (Phi) is 14.1. The van der Waals surface area contributed by atoms with Gasteiger partial charge in [0.1, 0.15) is 29.4 Å². The van der Waals surface area contributed by atoms with Crippen LogP contribution in [0.4, 0.5) is 0 Å². The maximum atomic E-state index is 10.5. The second-order valence-corrected chi connectivity index (χ2v) is 11.9. The average Bonchev–Trinajstić information content (AvgIpc) is 3.14. The molecule has 0 unspecified atom stereocenters. The van der Waals surface area contributed by atoms with Crippen LogP contribution in [0, 0.1) is 11.3 Å². The third kappa shape index (κ3) is 10.4. The number of hydrogen-bond donors (Lipinski definition) is 2. The highest BCUT2D eigenvalue weighted by molar-refractivity contribution is 5.89. The van der Waals surface area contributed by atoms with Crippen molar-refractivity contribution in [2.24, 2.45) is 0 Å². The van der Waals surface area contributed by atoms with Crippen LogP contribution in [0.5, 0.6) is 17.2 Å². The van der Waals surface area contributed by atoms with Crippen molar-refractivity contribution < 1.29 is 38.3 Å². The summed E-state index contributed by atoms with van der Waals surface area (Å²) in [6.45, 7) is 3.74. The quantitative estimate of drug-likeness (QED) is 0.128. The van der Waals surface area contributed by atoms with Crippen LogP contribution >= 0.6 is 0 Å². The highest BCUT2D eigenvalue weighted by Gasteiger charge is 2.36. The molecule has 4 aromatic carbocycles. The number of aliphatic hydroxyl groups is 1. The number of ether oxygens (including phenoxy) is 7. The number of piperidine rings is 1. The van der Waals surface area contributed by atoms with Crippen LogP contribution in [0.3, 0.4) is 0 Å². The number of nitrogens with one attached hydrogen (secondary N) is 1. The van der Waals surface area contributed by atoms with Gasteiger partial charge in [0.15, 0.2) is 0 Å². The van der Waals surface area contributed by atoms with Gasteiger partial charge in [-0.05, 0) is 52.9 Å². The molecule has 1 saturated heterocycles. The third-order valence-corrected chi connectivity index (χ3v) is 8.39. The average molecular weight is 671 g/mol. The van der Waals surface area contributed by atoms with E-state index in [4.69, 9.17) is 33.2 Å².